The third-order valence-electron chi connectivity index (χ3n) is 3.72. The molecule has 3 aromatic rings. The van der Waals surface area contributed by atoms with Gasteiger partial charge in [0.25, 0.3) is 0 Å². The van der Waals surface area contributed by atoms with Crippen molar-refractivity contribution in [2.75, 3.05) is 6.54 Å². The van der Waals surface area contributed by atoms with E-state index in [-0.39, 0.29) is 18.9 Å². The van der Waals surface area contributed by atoms with Crippen LogP contribution in [0.5, 0.6) is 0 Å². The summed E-state index contributed by atoms with van der Waals surface area (Å²) in [7, 11) is 0. The summed E-state index contributed by atoms with van der Waals surface area (Å²) in [5.74, 6) is -1.44. The van der Waals surface area contributed by atoms with Gasteiger partial charge < -0.3 is 15.4 Å². The zero-order valence-electron chi connectivity index (χ0n) is 13.2. The van der Waals surface area contributed by atoms with Crippen molar-refractivity contribution in [3.8, 4) is 0 Å². The molecule has 130 valence electrons. The average Bonchev–Trinajstić information content (AvgIpc) is 3.01. The number of pyridine rings is 1. The van der Waals surface area contributed by atoms with Crippen molar-refractivity contribution in [1.82, 2.24) is 20.3 Å². The Hall–Kier alpha value is -2.87. The van der Waals surface area contributed by atoms with Gasteiger partial charge in [-0.2, -0.15) is 0 Å². The number of nitrogens with zero attached hydrogens (tertiary/aromatic N) is 2. The number of hydrogen-bond acceptors (Lipinski definition) is 4. The molecule has 1 atom stereocenters. The van der Waals surface area contributed by atoms with E-state index in [4.69, 9.17) is 0 Å². The number of imidazole rings is 1. The lowest BCUT2D eigenvalue weighted by Gasteiger charge is -2.13. The summed E-state index contributed by atoms with van der Waals surface area (Å²) in [4.78, 5) is 23.3. The number of halogens is 2. The van der Waals surface area contributed by atoms with Crippen LogP contribution in [0.1, 0.15) is 23.9 Å². The molecule has 0 aliphatic carbocycles. The van der Waals surface area contributed by atoms with Crippen molar-refractivity contribution < 1.29 is 18.7 Å². The highest BCUT2D eigenvalue weighted by molar-refractivity contribution is 5.76. The largest absolute Gasteiger partial charge is 0.386 e. The van der Waals surface area contributed by atoms with Gasteiger partial charge in [-0.1, -0.05) is 6.07 Å². The van der Waals surface area contributed by atoms with E-state index < -0.39 is 23.3 Å². The number of aliphatic hydroxyl groups is 1. The number of hydrogen-bond donors (Lipinski definition) is 3. The number of aliphatic hydroxyl groups excluding tert-OH is 1. The molecule has 1 amide bonds. The first-order chi connectivity index (χ1) is 12.0. The highest BCUT2D eigenvalue weighted by Gasteiger charge is 2.18. The average molecular weight is 346 g/mol. The standard InChI is InChI=1S/C17H16F2N4O2/c18-10-3-1-4-11(19)16(10)13(24)9-21-15(25)7-6-14-22-12-5-2-8-20-17(12)23-14/h1-5,8,13,24H,6-7,9H2,(H,21,25)(H,20,22,23). The molecule has 1 unspecified atom stereocenters. The fourth-order valence-electron chi connectivity index (χ4n) is 2.48. The van der Waals surface area contributed by atoms with Crippen LogP contribution in [0.4, 0.5) is 8.78 Å². The fraction of sp³-hybridized carbons (Fsp3) is 0.235. The van der Waals surface area contributed by atoms with E-state index in [1.165, 1.54) is 6.07 Å². The highest BCUT2D eigenvalue weighted by Crippen LogP contribution is 2.20. The Balaban J connectivity index is 1.52. The van der Waals surface area contributed by atoms with E-state index >= 15 is 0 Å². The lowest BCUT2D eigenvalue weighted by atomic mass is 10.1. The van der Waals surface area contributed by atoms with E-state index in [2.05, 4.69) is 20.3 Å². The first kappa shape index (κ1) is 17.0. The number of fused-ring (bicyclic) bond motifs is 1. The van der Waals surface area contributed by atoms with Crippen molar-refractivity contribution >= 4 is 17.1 Å². The van der Waals surface area contributed by atoms with Crippen molar-refractivity contribution in [1.29, 1.82) is 0 Å². The van der Waals surface area contributed by atoms with E-state index in [0.717, 1.165) is 17.6 Å². The van der Waals surface area contributed by atoms with Crippen LogP contribution < -0.4 is 5.32 Å². The van der Waals surface area contributed by atoms with Gasteiger partial charge in [-0.3, -0.25) is 4.79 Å². The molecule has 0 saturated heterocycles. The quantitative estimate of drug-likeness (QED) is 0.637. The summed E-state index contributed by atoms with van der Waals surface area (Å²) in [5.41, 5.74) is 0.901. The first-order valence-electron chi connectivity index (χ1n) is 7.73. The van der Waals surface area contributed by atoms with E-state index in [9.17, 15) is 18.7 Å². The van der Waals surface area contributed by atoms with Crippen molar-refractivity contribution in [3.63, 3.8) is 0 Å². The molecule has 0 fully saturated rings. The Morgan fingerprint density at radius 2 is 2.00 bits per heavy atom. The van der Waals surface area contributed by atoms with Gasteiger partial charge in [0.05, 0.1) is 11.1 Å². The van der Waals surface area contributed by atoms with Gasteiger partial charge in [0.1, 0.15) is 23.6 Å². The normalized spacial score (nSPS) is 12.3. The number of H-pyrrole nitrogens is 1. The number of rotatable bonds is 6. The predicted octanol–water partition coefficient (Wildman–Crippen LogP) is 2.02. The summed E-state index contributed by atoms with van der Waals surface area (Å²) in [6, 6.07) is 6.93. The zero-order valence-corrected chi connectivity index (χ0v) is 13.2. The van der Waals surface area contributed by atoms with Crippen LogP contribution in [-0.4, -0.2) is 32.5 Å². The Morgan fingerprint density at radius 3 is 2.72 bits per heavy atom. The number of benzene rings is 1. The van der Waals surface area contributed by atoms with Crippen molar-refractivity contribution in [3.05, 3.63) is 59.6 Å². The molecule has 0 aliphatic rings. The van der Waals surface area contributed by atoms with Crippen molar-refractivity contribution in [2.45, 2.75) is 18.9 Å². The van der Waals surface area contributed by atoms with E-state index in [1.54, 1.807) is 12.3 Å². The second-order valence-corrected chi connectivity index (χ2v) is 5.51. The molecule has 2 aromatic heterocycles. The van der Waals surface area contributed by atoms with Crippen LogP contribution in [0.3, 0.4) is 0 Å². The lowest BCUT2D eigenvalue weighted by Crippen LogP contribution is -2.29. The van der Waals surface area contributed by atoms with Gasteiger partial charge in [-0.05, 0) is 24.3 Å². The van der Waals surface area contributed by atoms with Gasteiger partial charge in [-0.25, -0.2) is 18.7 Å². The van der Waals surface area contributed by atoms with Gasteiger partial charge in [0.15, 0.2) is 5.65 Å². The summed E-state index contributed by atoms with van der Waals surface area (Å²) in [5, 5.41) is 12.3. The van der Waals surface area contributed by atoms with E-state index in [0.29, 0.717) is 17.9 Å². The highest BCUT2D eigenvalue weighted by atomic mass is 19.1. The minimum Gasteiger partial charge on any atom is -0.386 e. The molecule has 3 N–H and O–H groups in total. The maximum Gasteiger partial charge on any atom is 0.220 e. The first-order valence-corrected chi connectivity index (χ1v) is 7.73. The predicted molar refractivity (Wildman–Crippen MR) is 86.5 cm³/mol. The van der Waals surface area contributed by atoms with Gasteiger partial charge in [-0.15, -0.1) is 0 Å². The van der Waals surface area contributed by atoms with Crippen LogP contribution >= 0.6 is 0 Å². The molecule has 2 heterocycles. The minimum atomic E-state index is -1.46. The molecule has 0 saturated carbocycles. The smallest absolute Gasteiger partial charge is 0.220 e. The molecule has 0 radical (unpaired) electrons. The third kappa shape index (κ3) is 3.97. The molecule has 0 bridgehead atoms. The number of nitrogens with one attached hydrogen (secondary N) is 2. The Labute approximate surface area is 141 Å². The molecule has 1 aromatic carbocycles. The molecular weight excluding hydrogens is 330 g/mol. The number of amides is 1. The van der Waals surface area contributed by atoms with Gasteiger partial charge >= 0.3 is 0 Å². The molecule has 0 aliphatic heterocycles. The fourth-order valence-corrected chi connectivity index (χ4v) is 2.48. The summed E-state index contributed by atoms with van der Waals surface area (Å²) in [6.45, 7) is -0.279. The molecule has 6 nitrogen and oxygen atoms in total. The molecule has 0 spiro atoms. The third-order valence-corrected chi connectivity index (χ3v) is 3.72. The summed E-state index contributed by atoms with van der Waals surface area (Å²) >= 11 is 0. The van der Waals surface area contributed by atoms with Crippen LogP contribution in [0.25, 0.3) is 11.2 Å². The summed E-state index contributed by atoms with van der Waals surface area (Å²) in [6.07, 6.45) is 0.641. The van der Waals surface area contributed by atoms with Gasteiger partial charge in [0.2, 0.25) is 5.91 Å². The Kier molecular flexibility index (Phi) is 4.99. The van der Waals surface area contributed by atoms with Crippen LogP contribution in [-0.2, 0) is 11.2 Å². The summed E-state index contributed by atoms with van der Waals surface area (Å²) < 4.78 is 27.1. The number of carbonyl (C=O) groups excluding carboxylic acids is 1. The molecular formula is C17H16F2N4O2. The second-order valence-electron chi connectivity index (χ2n) is 5.51. The molecule has 8 heteroatoms. The Bertz CT molecular complexity index is 844. The molecule has 25 heavy (non-hydrogen) atoms. The maximum absolute atomic E-state index is 13.6. The van der Waals surface area contributed by atoms with Crippen LogP contribution in [0.15, 0.2) is 36.5 Å². The SMILES string of the molecule is O=C(CCc1nc2ncccc2[nH]1)NCC(O)c1c(F)cccc1F. The van der Waals surface area contributed by atoms with Crippen molar-refractivity contribution in [2.24, 2.45) is 0 Å². The number of aromatic amines is 1. The van der Waals surface area contributed by atoms with Crippen LogP contribution in [0, 0.1) is 11.6 Å². The van der Waals surface area contributed by atoms with Gasteiger partial charge in [0, 0.05) is 25.6 Å². The zero-order chi connectivity index (χ0) is 17.8. The van der Waals surface area contributed by atoms with E-state index in [1.807, 2.05) is 6.07 Å². The molecule has 3 rings (SSSR count). The topological polar surface area (TPSA) is 90.9 Å². The number of carbonyl (C=O) groups is 1. The minimum absolute atomic E-state index is 0.117. The number of aromatic nitrogens is 3. The van der Waals surface area contributed by atoms with Crippen LogP contribution in [0.2, 0.25) is 0 Å². The number of aryl methyl sites for hydroxylation is 1. The lowest BCUT2D eigenvalue weighted by molar-refractivity contribution is -0.121. The monoisotopic (exact) mass is 346 g/mol. The maximum atomic E-state index is 13.6. The Morgan fingerprint density at radius 1 is 1.24 bits per heavy atom. The second kappa shape index (κ2) is 7.35.